The van der Waals surface area contributed by atoms with Gasteiger partial charge in [-0.1, -0.05) is 54.1 Å². The van der Waals surface area contributed by atoms with Crippen molar-refractivity contribution in [2.24, 2.45) is 0 Å². The molecule has 0 radical (unpaired) electrons. The summed E-state index contributed by atoms with van der Waals surface area (Å²) in [5.41, 5.74) is 3.80. The van der Waals surface area contributed by atoms with Crippen molar-refractivity contribution in [2.45, 2.75) is 43.7 Å². The normalized spacial score (nSPS) is 20.4. The Morgan fingerprint density at radius 1 is 0.970 bits per heavy atom. The van der Waals surface area contributed by atoms with Gasteiger partial charge in [0.25, 0.3) is 5.91 Å². The molecule has 3 aromatic carbocycles. The van der Waals surface area contributed by atoms with Gasteiger partial charge in [0, 0.05) is 22.3 Å². The number of nitrogens with zero attached hydrogens (tertiary/aromatic N) is 1. The quantitative estimate of drug-likeness (QED) is 0.434. The van der Waals surface area contributed by atoms with Crippen LogP contribution in [-0.2, 0) is 6.42 Å². The van der Waals surface area contributed by atoms with Crippen molar-refractivity contribution < 1.29 is 4.79 Å². The molecule has 0 bridgehead atoms. The second-order valence-electron chi connectivity index (χ2n) is 9.21. The van der Waals surface area contributed by atoms with Gasteiger partial charge in [-0.15, -0.1) is 0 Å². The lowest BCUT2D eigenvalue weighted by atomic mass is 9.74. The van der Waals surface area contributed by atoms with Crippen LogP contribution in [0, 0.1) is 0 Å². The van der Waals surface area contributed by atoms with Gasteiger partial charge in [-0.05, 0) is 88.2 Å². The van der Waals surface area contributed by atoms with Crippen LogP contribution in [-0.4, -0.2) is 36.5 Å². The highest BCUT2D eigenvalue weighted by Crippen LogP contribution is 2.36. The molecule has 1 amide bonds. The van der Waals surface area contributed by atoms with Crippen LogP contribution in [0.2, 0.25) is 5.02 Å². The van der Waals surface area contributed by atoms with E-state index in [1.807, 2.05) is 66.7 Å². The van der Waals surface area contributed by atoms with Crippen LogP contribution in [0.3, 0.4) is 0 Å². The number of rotatable bonds is 7. The number of benzene rings is 3. The molecule has 1 aliphatic carbocycles. The van der Waals surface area contributed by atoms with E-state index in [1.165, 1.54) is 5.56 Å². The van der Waals surface area contributed by atoms with E-state index in [2.05, 4.69) is 41.8 Å². The highest BCUT2D eigenvalue weighted by atomic mass is 35.5. The molecule has 3 aromatic rings. The number of amides is 1. The Labute approximate surface area is 202 Å². The van der Waals surface area contributed by atoms with E-state index in [0.717, 1.165) is 48.5 Å². The van der Waals surface area contributed by atoms with E-state index in [0.29, 0.717) is 5.56 Å². The number of para-hydroxylation sites is 2. The minimum atomic E-state index is -0.0220. The minimum Gasteiger partial charge on any atom is -0.355 e. The molecule has 5 heteroatoms. The monoisotopic (exact) mass is 461 g/mol. The molecule has 1 fully saturated rings. The first kappa shape index (κ1) is 23.3. The molecule has 0 saturated heterocycles. The number of carbonyl (C=O) groups excluding carboxylic acids is 1. The lowest BCUT2D eigenvalue weighted by molar-refractivity contribution is 0.0770. The molecule has 172 valence electrons. The van der Waals surface area contributed by atoms with E-state index < -0.39 is 0 Å². The third-order valence-corrected chi connectivity index (χ3v) is 7.08. The van der Waals surface area contributed by atoms with Crippen LogP contribution in [0.25, 0.3) is 0 Å². The number of hydrogen-bond acceptors (Lipinski definition) is 3. The molecule has 33 heavy (non-hydrogen) atoms. The van der Waals surface area contributed by atoms with Gasteiger partial charge < -0.3 is 15.5 Å². The predicted molar refractivity (Wildman–Crippen MR) is 137 cm³/mol. The molecule has 1 aliphatic rings. The second kappa shape index (κ2) is 10.4. The van der Waals surface area contributed by atoms with Crippen LogP contribution in [0.5, 0.6) is 0 Å². The fourth-order valence-corrected chi connectivity index (χ4v) is 5.05. The topological polar surface area (TPSA) is 44.4 Å². The van der Waals surface area contributed by atoms with Crippen molar-refractivity contribution in [2.75, 3.05) is 19.4 Å². The third-order valence-electron chi connectivity index (χ3n) is 6.85. The number of anilines is 2. The summed E-state index contributed by atoms with van der Waals surface area (Å²) < 4.78 is 0. The molecule has 0 unspecified atom stereocenters. The third kappa shape index (κ3) is 5.76. The van der Waals surface area contributed by atoms with E-state index in [-0.39, 0.29) is 17.5 Å². The Hall–Kier alpha value is -2.82. The summed E-state index contributed by atoms with van der Waals surface area (Å²) in [7, 11) is 4.32. The van der Waals surface area contributed by atoms with Crippen LogP contribution in [0.4, 0.5) is 11.4 Å². The number of likely N-dealkylation sites (N-methyl/N-ethyl adjacent to an activating group) is 1. The Kier molecular flexibility index (Phi) is 7.36. The standard InChI is InChI=1S/C28H32ClN3O/c1-32(2)28(20-21-9-8-10-22(29)19-21)17-15-24(16-18-28)31-27(33)25-13-6-7-14-26(25)30-23-11-4-3-5-12-23/h3-14,19,24,30H,15-18,20H2,1-2H3,(H,31,33). The summed E-state index contributed by atoms with van der Waals surface area (Å²) in [6.45, 7) is 0. The van der Waals surface area contributed by atoms with E-state index >= 15 is 0 Å². The van der Waals surface area contributed by atoms with Gasteiger partial charge >= 0.3 is 0 Å². The zero-order valence-electron chi connectivity index (χ0n) is 19.4. The molecule has 4 rings (SSSR count). The Morgan fingerprint density at radius 2 is 1.67 bits per heavy atom. The Morgan fingerprint density at radius 3 is 2.36 bits per heavy atom. The van der Waals surface area contributed by atoms with Gasteiger partial charge in [0.2, 0.25) is 0 Å². The average Bonchev–Trinajstić information content (AvgIpc) is 2.81. The summed E-state index contributed by atoms with van der Waals surface area (Å²) in [5.74, 6) is -0.0220. The number of halogens is 1. The molecule has 0 atom stereocenters. The van der Waals surface area contributed by atoms with Gasteiger partial charge in [0.1, 0.15) is 0 Å². The van der Waals surface area contributed by atoms with E-state index in [9.17, 15) is 4.79 Å². The zero-order valence-corrected chi connectivity index (χ0v) is 20.1. The van der Waals surface area contributed by atoms with Crippen molar-refractivity contribution in [1.29, 1.82) is 0 Å². The summed E-state index contributed by atoms with van der Waals surface area (Å²) in [5, 5.41) is 7.45. The van der Waals surface area contributed by atoms with Gasteiger partial charge in [-0.25, -0.2) is 0 Å². The van der Waals surface area contributed by atoms with Crippen molar-refractivity contribution in [3.05, 3.63) is 95.0 Å². The van der Waals surface area contributed by atoms with Crippen molar-refractivity contribution in [1.82, 2.24) is 10.2 Å². The van der Waals surface area contributed by atoms with Gasteiger partial charge in [0.15, 0.2) is 0 Å². The summed E-state index contributed by atoms with van der Waals surface area (Å²) in [4.78, 5) is 15.5. The van der Waals surface area contributed by atoms with Crippen LogP contribution >= 0.6 is 11.6 Å². The average molecular weight is 462 g/mol. The van der Waals surface area contributed by atoms with Crippen LogP contribution < -0.4 is 10.6 Å². The Balaban J connectivity index is 1.41. The zero-order chi connectivity index (χ0) is 23.3. The molecule has 2 N–H and O–H groups in total. The largest absolute Gasteiger partial charge is 0.355 e. The highest BCUT2D eigenvalue weighted by Gasteiger charge is 2.37. The van der Waals surface area contributed by atoms with E-state index in [1.54, 1.807) is 0 Å². The minimum absolute atomic E-state index is 0.0220. The number of hydrogen-bond donors (Lipinski definition) is 2. The van der Waals surface area contributed by atoms with Crippen molar-refractivity contribution in [3.63, 3.8) is 0 Å². The summed E-state index contributed by atoms with van der Waals surface area (Å²) in [6, 6.07) is 26.0. The van der Waals surface area contributed by atoms with Crippen molar-refractivity contribution >= 4 is 28.9 Å². The van der Waals surface area contributed by atoms with Gasteiger partial charge in [-0.2, -0.15) is 0 Å². The fraction of sp³-hybridized carbons (Fsp3) is 0.321. The highest BCUT2D eigenvalue weighted by molar-refractivity contribution is 6.30. The van der Waals surface area contributed by atoms with Gasteiger partial charge in [0.05, 0.1) is 11.3 Å². The SMILES string of the molecule is CN(C)C1(Cc2cccc(Cl)c2)CCC(NC(=O)c2ccccc2Nc2ccccc2)CC1. The van der Waals surface area contributed by atoms with Crippen LogP contribution in [0.1, 0.15) is 41.6 Å². The second-order valence-corrected chi connectivity index (χ2v) is 9.65. The maximum atomic E-state index is 13.2. The van der Waals surface area contributed by atoms with Crippen LogP contribution in [0.15, 0.2) is 78.9 Å². The maximum absolute atomic E-state index is 13.2. The molecular weight excluding hydrogens is 430 g/mol. The molecule has 0 spiro atoms. The molecule has 0 aliphatic heterocycles. The first-order valence-electron chi connectivity index (χ1n) is 11.6. The molecular formula is C28H32ClN3O. The lowest BCUT2D eigenvalue weighted by Gasteiger charge is -2.45. The number of nitrogens with one attached hydrogen (secondary N) is 2. The van der Waals surface area contributed by atoms with Gasteiger partial charge in [-0.3, -0.25) is 4.79 Å². The van der Waals surface area contributed by atoms with Crippen molar-refractivity contribution in [3.8, 4) is 0 Å². The predicted octanol–water partition coefficient (Wildman–Crippen LogP) is 6.30. The van der Waals surface area contributed by atoms with E-state index in [4.69, 9.17) is 11.6 Å². The molecule has 0 aromatic heterocycles. The fourth-order valence-electron chi connectivity index (χ4n) is 4.84. The molecule has 0 heterocycles. The number of carbonyl (C=O) groups is 1. The first-order chi connectivity index (χ1) is 15.9. The Bertz CT molecular complexity index is 1080. The lowest BCUT2D eigenvalue weighted by Crippen LogP contribution is -2.52. The smallest absolute Gasteiger partial charge is 0.253 e. The summed E-state index contributed by atoms with van der Waals surface area (Å²) >= 11 is 6.22. The molecule has 4 nitrogen and oxygen atoms in total. The maximum Gasteiger partial charge on any atom is 0.253 e. The molecule has 1 saturated carbocycles. The first-order valence-corrected chi connectivity index (χ1v) is 12.0. The summed E-state index contributed by atoms with van der Waals surface area (Å²) in [6.07, 6.45) is 4.94.